The molecule has 0 unspecified atom stereocenters. The molecule has 6 nitrogen and oxygen atoms in total. The molecule has 1 saturated carbocycles. The standard InChI is InChI=1S/C16H20F3N3O3S/c17-16(18,19)11-4-6-22(15(25)8-11)7-5-20-13(23)9-26-10-14(24)21-12-2-1-3-12/h4,6,8,12H,1-3,5,7,9-10H2,(H,20,23)(H,21,24). The summed E-state index contributed by atoms with van der Waals surface area (Å²) in [6.45, 7) is 0.175. The number of hydrogen-bond acceptors (Lipinski definition) is 4. The Labute approximate surface area is 152 Å². The summed E-state index contributed by atoms with van der Waals surface area (Å²) < 4.78 is 38.6. The molecule has 10 heteroatoms. The topological polar surface area (TPSA) is 80.2 Å². The van der Waals surface area contributed by atoms with Crippen LogP contribution in [0.2, 0.25) is 0 Å². The lowest BCUT2D eigenvalue weighted by Gasteiger charge is -2.26. The van der Waals surface area contributed by atoms with E-state index in [-0.39, 0.29) is 42.5 Å². The minimum absolute atomic E-state index is 0.0650. The van der Waals surface area contributed by atoms with Gasteiger partial charge in [0, 0.05) is 31.4 Å². The van der Waals surface area contributed by atoms with Gasteiger partial charge >= 0.3 is 6.18 Å². The normalized spacial score (nSPS) is 14.6. The molecule has 26 heavy (non-hydrogen) atoms. The van der Waals surface area contributed by atoms with Crippen LogP contribution in [0.1, 0.15) is 24.8 Å². The van der Waals surface area contributed by atoms with Gasteiger partial charge in [-0.15, -0.1) is 11.8 Å². The highest BCUT2D eigenvalue weighted by Gasteiger charge is 2.30. The number of nitrogens with one attached hydrogen (secondary N) is 2. The Bertz CT molecular complexity index is 702. The molecular weight excluding hydrogens is 371 g/mol. The molecule has 0 atom stereocenters. The third-order valence-electron chi connectivity index (χ3n) is 3.93. The van der Waals surface area contributed by atoms with Crippen molar-refractivity contribution >= 4 is 23.6 Å². The Morgan fingerprint density at radius 1 is 1.23 bits per heavy atom. The lowest BCUT2D eigenvalue weighted by Crippen LogP contribution is -2.40. The van der Waals surface area contributed by atoms with E-state index >= 15 is 0 Å². The summed E-state index contributed by atoms with van der Waals surface area (Å²) in [5, 5.41) is 5.43. The number of amides is 2. The third-order valence-corrected chi connectivity index (χ3v) is 4.87. The second kappa shape index (κ2) is 9.11. The van der Waals surface area contributed by atoms with Gasteiger partial charge in [0.1, 0.15) is 0 Å². The Morgan fingerprint density at radius 3 is 2.50 bits per heavy atom. The van der Waals surface area contributed by atoms with Crippen molar-refractivity contribution in [3.8, 4) is 0 Å². The fourth-order valence-electron chi connectivity index (χ4n) is 2.29. The predicted octanol–water partition coefficient (Wildman–Crippen LogP) is 1.39. The summed E-state index contributed by atoms with van der Waals surface area (Å²) >= 11 is 1.18. The molecule has 0 saturated heterocycles. The van der Waals surface area contributed by atoms with E-state index in [0.29, 0.717) is 6.07 Å². The highest BCUT2D eigenvalue weighted by atomic mass is 32.2. The maximum atomic E-state index is 12.5. The van der Waals surface area contributed by atoms with E-state index in [2.05, 4.69) is 10.6 Å². The van der Waals surface area contributed by atoms with Crippen LogP contribution in [0.3, 0.4) is 0 Å². The zero-order chi connectivity index (χ0) is 19.2. The molecule has 0 radical (unpaired) electrons. The maximum Gasteiger partial charge on any atom is 0.416 e. The lowest BCUT2D eigenvalue weighted by atomic mass is 9.93. The molecule has 2 rings (SSSR count). The lowest BCUT2D eigenvalue weighted by molar-refractivity contribution is -0.137. The summed E-state index contributed by atoms with van der Waals surface area (Å²) in [5.41, 5.74) is -1.78. The summed E-state index contributed by atoms with van der Waals surface area (Å²) in [6, 6.07) is 1.61. The van der Waals surface area contributed by atoms with Crippen molar-refractivity contribution in [2.24, 2.45) is 0 Å². The van der Waals surface area contributed by atoms with Crippen LogP contribution in [0.15, 0.2) is 23.1 Å². The SMILES string of the molecule is O=C(CSCC(=O)NC1CCC1)NCCn1ccc(C(F)(F)F)cc1=O. The van der Waals surface area contributed by atoms with Gasteiger partial charge < -0.3 is 15.2 Å². The number of rotatable bonds is 8. The monoisotopic (exact) mass is 391 g/mol. The number of pyridine rings is 1. The van der Waals surface area contributed by atoms with Gasteiger partial charge in [-0.25, -0.2) is 0 Å². The van der Waals surface area contributed by atoms with Crippen LogP contribution >= 0.6 is 11.8 Å². The first-order valence-electron chi connectivity index (χ1n) is 8.17. The van der Waals surface area contributed by atoms with Crippen molar-refractivity contribution in [3.63, 3.8) is 0 Å². The average molecular weight is 391 g/mol. The van der Waals surface area contributed by atoms with Gasteiger partial charge in [-0.05, 0) is 25.3 Å². The number of carbonyl (C=O) groups excluding carboxylic acids is 2. The molecule has 144 valence electrons. The van der Waals surface area contributed by atoms with E-state index in [1.165, 1.54) is 11.8 Å². The smallest absolute Gasteiger partial charge is 0.354 e. The van der Waals surface area contributed by atoms with Crippen LogP contribution in [0.25, 0.3) is 0 Å². The molecule has 2 amide bonds. The number of alkyl halides is 3. The van der Waals surface area contributed by atoms with Crippen LogP contribution in [-0.4, -0.2) is 40.5 Å². The molecule has 1 aliphatic rings. The van der Waals surface area contributed by atoms with E-state index in [1.54, 1.807) is 0 Å². The molecule has 1 aliphatic carbocycles. The zero-order valence-electron chi connectivity index (χ0n) is 14.0. The Balaban J connectivity index is 1.65. The van der Waals surface area contributed by atoms with E-state index in [4.69, 9.17) is 0 Å². The van der Waals surface area contributed by atoms with Gasteiger partial charge in [0.15, 0.2) is 0 Å². The average Bonchev–Trinajstić information content (AvgIpc) is 2.51. The highest BCUT2D eigenvalue weighted by Crippen LogP contribution is 2.27. The van der Waals surface area contributed by atoms with Gasteiger partial charge in [0.25, 0.3) is 5.56 Å². The van der Waals surface area contributed by atoms with Crippen LogP contribution in [-0.2, 0) is 22.3 Å². The summed E-state index contributed by atoms with van der Waals surface area (Å²) in [6.07, 6.45) is -0.381. The third kappa shape index (κ3) is 6.40. The highest BCUT2D eigenvalue weighted by molar-refractivity contribution is 8.00. The Hall–Kier alpha value is -1.97. The summed E-state index contributed by atoms with van der Waals surface area (Å²) in [5.74, 6) is -0.0994. The molecule has 1 aromatic heterocycles. The van der Waals surface area contributed by atoms with Gasteiger partial charge in [-0.3, -0.25) is 14.4 Å². The van der Waals surface area contributed by atoms with Crippen LogP contribution in [0.5, 0.6) is 0 Å². The van der Waals surface area contributed by atoms with Crippen molar-refractivity contribution in [2.75, 3.05) is 18.1 Å². The fraction of sp³-hybridized carbons (Fsp3) is 0.562. The second-order valence-corrected chi connectivity index (χ2v) is 6.97. The first kappa shape index (κ1) is 20.3. The molecule has 0 aromatic carbocycles. The number of hydrogen-bond donors (Lipinski definition) is 2. The number of halogens is 3. The fourth-order valence-corrected chi connectivity index (χ4v) is 2.95. The first-order chi connectivity index (χ1) is 12.3. The molecule has 0 bridgehead atoms. The van der Waals surface area contributed by atoms with E-state index in [9.17, 15) is 27.6 Å². The maximum absolute atomic E-state index is 12.5. The van der Waals surface area contributed by atoms with Crippen molar-refractivity contribution in [1.29, 1.82) is 0 Å². The second-order valence-electron chi connectivity index (χ2n) is 5.98. The molecule has 1 heterocycles. The van der Waals surface area contributed by atoms with Crippen LogP contribution in [0.4, 0.5) is 13.2 Å². The quantitative estimate of drug-likeness (QED) is 0.702. The molecule has 1 fully saturated rings. The largest absolute Gasteiger partial charge is 0.416 e. The summed E-state index contributed by atoms with van der Waals surface area (Å²) in [7, 11) is 0. The molecule has 0 spiro atoms. The molecule has 1 aromatic rings. The van der Waals surface area contributed by atoms with Gasteiger partial charge in [0.2, 0.25) is 11.8 Å². The minimum atomic E-state index is -4.56. The van der Waals surface area contributed by atoms with Gasteiger partial charge in [-0.2, -0.15) is 13.2 Å². The van der Waals surface area contributed by atoms with E-state index < -0.39 is 17.3 Å². The van der Waals surface area contributed by atoms with E-state index in [1.807, 2.05) is 0 Å². The Morgan fingerprint density at radius 2 is 1.92 bits per heavy atom. The van der Waals surface area contributed by atoms with Crippen molar-refractivity contribution in [3.05, 3.63) is 34.2 Å². The molecular formula is C16H20F3N3O3S. The van der Waals surface area contributed by atoms with E-state index in [0.717, 1.165) is 36.1 Å². The zero-order valence-corrected chi connectivity index (χ0v) is 14.8. The Kier molecular flexibility index (Phi) is 7.13. The van der Waals surface area contributed by atoms with Crippen molar-refractivity contribution in [2.45, 2.75) is 38.0 Å². The van der Waals surface area contributed by atoms with Crippen molar-refractivity contribution in [1.82, 2.24) is 15.2 Å². The van der Waals surface area contributed by atoms with Gasteiger partial charge in [0.05, 0.1) is 17.1 Å². The van der Waals surface area contributed by atoms with Crippen molar-refractivity contribution < 1.29 is 22.8 Å². The summed E-state index contributed by atoms with van der Waals surface area (Å²) in [4.78, 5) is 34.9. The predicted molar refractivity (Wildman–Crippen MR) is 91.8 cm³/mol. The number of aromatic nitrogens is 1. The number of nitrogens with zero attached hydrogens (tertiary/aromatic N) is 1. The van der Waals surface area contributed by atoms with Crippen LogP contribution in [0, 0.1) is 0 Å². The van der Waals surface area contributed by atoms with Crippen LogP contribution < -0.4 is 16.2 Å². The van der Waals surface area contributed by atoms with Gasteiger partial charge in [-0.1, -0.05) is 0 Å². The number of thioether (sulfide) groups is 1. The minimum Gasteiger partial charge on any atom is -0.354 e. The molecule has 2 N–H and O–H groups in total. The molecule has 0 aliphatic heterocycles. The number of carbonyl (C=O) groups is 2. The first-order valence-corrected chi connectivity index (χ1v) is 9.32.